The van der Waals surface area contributed by atoms with E-state index in [9.17, 15) is 0 Å². The number of hydrogen-bond donors (Lipinski definition) is 0. The summed E-state index contributed by atoms with van der Waals surface area (Å²) < 4.78 is 4.78. The molecule has 3 nitrogen and oxygen atoms in total. The number of nitrogens with zero attached hydrogens (tertiary/aromatic N) is 3. The molecule has 328 valence electrons. The summed E-state index contributed by atoms with van der Waals surface area (Å²) in [5.41, 5.74) is 19.8. The van der Waals surface area contributed by atoms with Gasteiger partial charge in [-0.25, -0.2) is 0 Å². The predicted molar refractivity (Wildman–Crippen MR) is 293 cm³/mol. The Balaban J connectivity index is 0.922. The maximum atomic E-state index is 2.43. The van der Waals surface area contributed by atoms with Crippen LogP contribution in [0.15, 0.2) is 273 Å². The number of anilines is 3. The molecule has 14 rings (SSSR count). The average Bonchev–Trinajstić information content (AvgIpc) is 4.06. The lowest BCUT2D eigenvalue weighted by molar-refractivity contribution is 0.768. The zero-order valence-corrected chi connectivity index (χ0v) is 38.3. The third kappa shape index (κ3) is 6.01. The Morgan fingerprint density at radius 1 is 0.271 bits per heavy atom. The van der Waals surface area contributed by atoms with E-state index in [1.54, 1.807) is 0 Å². The van der Waals surface area contributed by atoms with Crippen molar-refractivity contribution in [2.45, 2.75) is 5.41 Å². The average molecular weight is 892 g/mol. The predicted octanol–water partition coefficient (Wildman–Crippen LogP) is 17.4. The second kappa shape index (κ2) is 16.0. The van der Waals surface area contributed by atoms with E-state index in [-0.39, 0.29) is 0 Å². The van der Waals surface area contributed by atoms with Crippen molar-refractivity contribution < 1.29 is 0 Å². The van der Waals surface area contributed by atoms with Gasteiger partial charge in [0.2, 0.25) is 0 Å². The Morgan fingerprint density at radius 3 is 1.26 bits per heavy atom. The Bertz CT molecular complexity index is 3960. The lowest BCUT2D eigenvalue weighted by Crippen LogP contribution is -2.28. The highest BCUT2D eigenvalue weighted by molar-refractivity contribution is 6.10. The van der Waals surface area contributed by atoms with Gasteiger partial charge in [0, 0.05) is 50.0 Å². The van der Waals surface area contributed by atoms with Gasteiger partial charge in [-0.3, -0.25) is 0 Å². The fraction of sp³-hybridized carbons (Fsp3) is 0.0149. The van der Waals surface area contributed by atoms with Gasteiger partial charge in [0.05, 0.1) is 27.5 Å². The summed E-state index contributed by atoms with van der Waals surface area (Å²) in [7, 11) is 0. The van der Waals surface area contributed by atoms with Gasteiger partial charge in [-0.15, -0.1) is 0 Å². The van der Waals surface area contributed by atoms with Gasteiger partial charge in [0.15, 0.2) is 0 Å². The molecule has 1 aliphatic rings. The fourth-order valence-corrected chi connectivity index (χ4v) is 11.8. The second-order valence-corrected chi connectivity index (χ2v) is 18.4. The molecule has 70 heavy (non-hydrogen) atoms. The highest BCUT2D eigenvalue weighted by Gasteiger charge is 2.46. The molecule has 0 spiro atoms. The first-order valence-electron chi connectivity index (χ1n) is 24.2. The number of para-hydroxylation sites is 4. The number of aromatic nitrogens is 2. The van der Waals surface area contributed by atoms with Crippen molar-refractivity contribution in [2.24, 2.45) is 0 Å². The van der Waals surface area contributed by atoms with E-state index in [4.69, 9.17) is 0 Å². The monoisotopic (exact) mass is 891 g/mol. The van der Waals surface area contributed by atoms with E-state index < -0.39 is 5.41 Å². The van der Waals surface area contributed by atoms with Crippen molar-refractivity contribution in [1.82, 2.24) is 9.13 Å². The van der Waals surface area contributed by atoms with Crippen molar-refractivity contribution in [1.29, 1.82) is 0 Å². The van der Waals surface area contributed by atoms with Gasteiger partial charge in [-0.1, -0.05) is 194 Å². The van der Waals surface area contributed by atoms with Crippen molar-refractivity contribution in [2.75, 3.05) is 4.90 Å². The summed E-state index contributed by atoms with van der Waals surface area (Å²) in [5, 5.41) is 5.03. The first-order valence-corrected chi connectivity index (χ1v) is 24.2. The van der Waals surface area contributed by atoms with Crippen LogP contribution in [0.2, 0.25) is 0 Å². The Labute approximate surface area is 407 Å². The molecule has 11 aromatic carbocycles. The first-order chi connectivity index (χ1) is 34.7. The minimum absolute atomic E-state index is 0.479. The van der Waals surface area contributed by atoms with Crippen molar-refractivity contribution in [3.05, 3.63) is 295 Å². The van der Waals surface area contributed by atoms with Crippen LogP contribution < -0.4 is 4.90 Å². The zero-order valence-electron chi connectivity index (χ0n) is 38.3. The van der Waals surface area contributed by atoms with Crippen LogP contribution in [0, 0.1) is 0 Å². The van der Waals surface area contributed by atoms with Crippen LogP contribution >= 0.6 is 0 Å². The number of benzene rings is 11. The van der Waals surface area contributed by atoms with E-state index in [0.717, 1.165) is 34.0 Å². The molecule has 0 fully saturated rings. The smallest absolute Gasteiger partial charge is 0.0713 e. The summed E-state index contributed by atoms with van der Waals surface area (Å²) in [4.78, 5) is 2.43. The molecule has 0 saturated heterocycles. The molecule has 0 saturated carbocycles. The summed E-state index contributed by atoms with van der Waals surface area (Å²) >= 11 is 0. The molecule has 0 radical (unpaired) electrons. The molecule has 3 heteroatoms. The SMILES string of the molecule is c1ccc(C2(c3ccccc3)c3ccccc3-c3cc(N(c4ccc(-c5ccc(-n6c7ccccc7c7ccccc76)cc5)cc4)c4cccc(-n5c6ccccc6c6ccccc65)c4)ccc32)cc1. The van der Waals surface area contributed by atoms with Crippen LogP contribution in [-0.4, -0.2) is 9.13 Å². The van der Waals surface area contributed by atoms with Crippen LogP contribution in [0.5, 0.6) is 0 Å². The minimum atomic E-state index is -0.479. The second-order valence-electron chi connectivity index (χ2n) is 18.4. The molecule has 0 aliphatic heterocycles. The largest absolute Gasteiger partial charge is 0.310 e. The van der Waals surface area contributed by atoms with Crippen molar-refractivity contribution >= 4 is 60.7 Å². The normalized spacial score (nSPS) is 12.7. The molecule has 1 aliphatic carbocycles. The first kappa shape index (κ1) is 39.9. The summed E-state index contributed by atoms with van der Waals surface area (Å²) in [6.45, 7) is 0. The van der Waals surface area contributed by atoms with Crippen LogP contribution in [0.3, 0.4) is 0 Å². The molecular weight excluding hydrogens is 847 g/mol. The van der Waals surface area contributed by atoms with Crippen LogP contribution in [0.25, 0.3) is 77.2 Å². The fourth-order valence-electron chi connectivity index (χ4n) is 11.8. The number of hydrogen-bond acceptors (Lipinski definition) is 1. The molecular formula is C67H45N3. The van der Waals surface area contributed by atoms with Crippen molar-refractivity contribution in [3.63, 3.8) is 0 Å². The van der Waals surface area contributed by atoms with Gasteiger partial charge in [-0.05, 0) is 123 Å². The maximum Gasteiger partial charge on any atom is 0.0713 e. The van der Waals surface area contributed by atoms with E-state index in [1.807, 2.05) is 0 Å². The molecule has 13 aromatic rings. The standard InChI is InChI=1S/C67H45N3/c1-3-18-48(19-4-1)67(49-20-5-2-6-21-49)61-29-12-7-24-55(61)60-45-54(42-43-62(60)67)68(52-22-17-23-53(44-52)70-65-32-15-10-27-58(65)59-28-11-16-33-66(59)70)50-38-34-46(35-39-50)47-36-40-51(41-37-47)69-63-30-13-8-25-56(63)57-26-9-14-31-64(57)69/h1-45H. The zero-order chi connectivity index (χ0) is 46.2. The van der Waals surface area contributed by atoms with Crippen LogP contribution in [-0.2, 0) is 5.41 Å². The third-order valence-electron chi connectivity index (χ3n) is 14.8. The molecule has 2 heterocycles. The van der Waals surface area contributed by atoms with Crippen LogP contribution in [0.1, 0.15) is 22.3 Å². The summed E-state index contributed by atoms with van der Waals surface area (Å²) in [6, 6.07) is 100. The molecule has 2 aromatic heterocycles. The molecule has 0 unspecified atom stereocenters. The minimum Gasteiger partial charge on any atom is -0.310 e. The summed E-state index contributed by atoms with van der Waals surface area (Å²) in [6.07, 6.45) is 0. The lowest BCUT2D eigenvalue weighted by atomic mass is 9.68. The van der Waals surface area contributed by atoms with E-state index in [2.05, 4.69) is 287 Å². The molecule has 0 bridgehead atoms. The van der Waals surface area contributed by atoms with E-state index in [0.29, 0.717) is 0 Å². The van der Waals surface area contributed by atoms with Gasteiger partial charge in [-0.2, -0.15) is 0 Å². The highest BCUT2D eigenvalue weighted by Crippen LogP contribution is 2.57. The lowest BCUT2D eigenvalue weighted by Gasteiger charge is -2.34. The molecule has 0 amide bonds. The Kier molecular flexibility index (Phi) is 9.11. The molecule has 0 atom stereocenters. The van der Waals surface area contributed by atoms with Gasteiger partial charge in [0.25, 0.3) is 0 Å². The quantitative estimate of drug-likeness (QED) is 0.148. The van der Waals surface area contributed by atoms with E-state index in [1.165, 1.54) is 82.6 Å². The van der Waals surface area contributed by atoms with Gasteiger partial charge >= 0.3 is 0 Å². The number of rotatable bonds is 8. The Morgan fingerprint density at radius 2 is 0.700 bits per heavy atom. The van der Waals surface area contributed by atoms with Gasteiger partial charge < -0.3 is 14.0 Å². The van der Waals surface area contributed by atoms with E-state index >= 15 is 0 Å². The Hall–Kier alpha value is -9.18. The van der Waals surface area contributed by atoms with Gasteiger partial charge in [0.1, 0.15) is 0 Å². The third-order valence-corrected chi connectivity index (χ3v) is 14.8. The van der Waals surface area contributed by atoms with Crippen LogP contribution in [0.4, 0.5) is 17.1 Å². The topological polar surface area (TPSA) is 13.1 Å². The molecule has 0 N–H and O–H groups in total. The van der Waals surface area contributed by atoms with Crippen molar-refractivity contribution in [3.8, 4) is 33.6 Å². The number of fused-ring (bicyclic) bond motifs is 9. The maximum absolute atomic E-state index is 2.43. The highest BCUT2D eigenvalue weighted by atomic mass is 15.1. The summed E-state index contributed by atoms with van der Waals surface area (Å²) in [5.74, 6) is 0.